The topological polar surface area (TPSA) is 56.2 Å². The van der Waals surface area contributed by atoms with E-state index in [1.807, 2.05) is 0 Å². The summed E-state index contributed by atoms with van der Waals surface area (Å²) in [7, 11) is 0. The quantitative estimate of drug-likeness (QED) is 0.748. The summed E-state index contributed by atoms with van der Waals surface area (Å²) in [5, 5.41) is 4.18. The van der Waals surface area contributed by atoms with Gasteiger partial charge in [-0.15, -0.1) is 0 Å². The molecule has 2 aromatic heterocycles. The molecule has 2 N–H and O–H groups in total. The van der Waals surface area contributed by atoms with Crippen LogP contribution in [0.3, 0.4) is 0 Å². The van der Waals surface area contributed by atoms with Gasteiger partial charge in [0.25, 0.3) is 0 Å². The Kier molecular flexibility index (Phi) is 2.86. The van der Waals surface area contributed by atoms with Crippen LogP contribution in [0, 0.1) is 6.92 Å². The van der Waals surface area contributed by atoms with E-state index in [0.29, 0.717) is 22.5 Å². The lowest BCUT2D eigenvalue weighted by molar-refractivity contribution is -0.137. The van der Waals surface area contributed by atoms with Crippen LogP contribution in [0.25, 0.3) is 16.8 Å². The van der Waals surface area contributed by atoms with Gasteiger partial charge >= 0.3 is 6.18 Å². The fourth-order valence-corrected chi connectivity index (χ4v) is 2.10. The number of anilines is 1. The van der Waals surface area contributed by atoms with Gasteiger partial charge in [-0.1, -0.05) is 12.1 Å². The molecule has 2 heterocycles. The highest BCUT2D eigenvalue weighted by molar-refractivity contribution is 5.77. The molecule has 4 nitrogen and oxygen atoms in total. The summed E-state index contributed by atoms with van der Waals surface area (Å²) in [6, 6.07) is 4.91. The number of benzene rings is 1. The van der Waals surface area contributed by atoms with E-state index in [9.17, 15) is 13.2 Å². The standard InChI is InChI=1S/C14H11F3N4/c1-8-12(18)7-19-13-11(6-20-21(8)13)9-2-4-10(5-3-9)14(15,16)17/h2-7H,18H2,1H3. The summed E-state index contributed by atoms with van der Waals surface area (Å²) in [5.74, 6) is 0. The number of aromatic nitrogens is 3. The molecular weight excluding hydrogens is 281 g/mol. The molecule has 3 rings (SSSR count). The van der Waals surface area contributed by atoms with Gasteiger partial charge in [0.1, 0.15) is 0 Å². The fraction of sp³-hybridized carbons (Fsp3) is 0.143. The van der Waals surface area contributed by atoms with Crippen LogP contribution in [0.15, 0.2) is 36.7 Å². The second kappa shape index (κ2) is 4.47. The molecule has 0 spiro atoms. The van der Waals surface area contributed by atoms with Gasteiger partial charge in [0.2, 0.25) is 0 Å². The number of alkyl halides is 3. The summed E-state index contributed by atoms with van der Waals surface area (Å²) in [5.41, 5.74) is 8.14. The van der Waals surface area contributed by atoms with Crippen molar-refractivity contribution >= 4 is 11.3 Å². The van der Waals surface area contributed by atoms with E-state index in [2.05, 4.69) is 10.1 Å². The molecule has 7 heteroatoms. The number of hydrogen-bond donors (Lipinski definition) is 1. The molecule has 0 aliphatic rings. The minimum absolute atomic E-state index is 0.504. The number of nitrogens with two attached hydrogens (primary N) is 1. The molecule has 1 aromatic carbocycles. The van der Waals surface area contributed by atoms with E-state index in [4.69, 9.17) is 5.73 Å². The molecule has 21 heavy (non-hydrogen) atoms. The fourth-order valence-electron chi connectivity index (χ4n) is 2.10. The Balaban J connectivity index is 2.11. The second-order valence-corrected chi connectivity index (χ2v) is 4.67. The summed E-state index contributed by atoms with van der Waals surface area (Å²) >= 11 is 0. The largest absolute Gasteiger partial charge is 0.416 e. The molecule has 0 amide bonds. The van der Waals surface area contributed by atoms with Gasteiger partial charge in [0, 0.05) is 5.56 Å². The lowest BCUT2D eigenvalue weighted by Gasteiger charge is -2.07. The van der Waals surface area contributed by atoms with Gasteiger partial charge in [-0.25, -0.2) is 9.50 Å². The molecule has 0 radical (unpaired) electrons. The lowest BCUT2D eigenvalue weighted by Crippen LogP contribution is -2.04. The van der Waals surface area contributed by atoms with Crippen molar-refractivity contribution in [2.24, 2.45) is 0 Å². The maximum Gasteiger partial charge on any atom is 0.416 e. The molecule has 0 saturated heterocycles. The zero-order valence-corrected chi connectivity index (χ0v) is 11.0. The Morgan fingerprint density at radius 2 is 1.76 bits per heavy atom. The average molecular weight is 292 g/mol. The van der Waals surface area contributed by atoms with E-state index in [1.165, 1.54) is 18.3 Å². The van der Waals surface area contributed by atoms with Crippen LogP contribution in [0.1, 0.15) is 11.3 Å². The Morgan fingerprint density at radius 1 is 1.10 bits per heavy atom. The first kappa shape index (κ1) is 13.4. The molecule has 0 fully saturated rings. The molecule has 0 atom stereocenters. The first-order valence-electron chi connectivity index (χ1n) is 6.14. The number of nitrogens with zero attached hydrogens (tertiary/aromatic N) is 3. The molecule has 0 aliphatic carbocycles. The van der Waals surface area contributed by atoms with Crippen LogP contribution >= 0.6 is 0 Å². The van der Waals surface area contributed by atoms with E-state index < -0.39 is 11.7 Å². The Labute approximate surface area is 118 Å². The van der Waals surface area contributed by atoms with E-state index >= 15 is 0 Å². The van der Waals surface area contributed by atoms with Crippen LogP contribution in [0.4, 0.5) is 18.9 Å². The predicted octanol–water partition coefficient (Wildman–Crippen LogP) is 3.31. The number of fused-ring (bicyclic) bond motifs is 1. The highest BCUT2D eigenvalue weighted by Crippen LogP contribution is 2.32. The smallest absolute Gasteiger partial charge is 0.396 e. The van der Waals surface area contributed by atoms with Crippen LogP contribution in [-0.4, -0.2) is 14.6 Å². The molecule has 0 unspecified atom stereocenters. The molecule has 0 saturated carbocycles. The van der Waals surface area contributed by atoms with Crippen molar-refractivity contribution in [1.29, 1.82) is 0 Å². The van der Waals surface area contributed by atoms with Gasteiger partial charge in [-0.3, -0.25) is 0 Å². The van der Waals surface area contributed by atoms with E-state index in [0.717, 1.165) is 17.8 Å². The molecule has 0 aliphatic heterocycles. The molecule has 3 aromatic rings. The van der Waals surface area contributed by atoms with Crippen LogP contribution < -0.4 is 5.73 Å². The summed E-state index contributed by atoms with van der Waals surface area (Å²) in [6.07, 6.45) is -1.26. The van der Waals surface area contributed by atoms with Gasteiger partial charge in [0.05, 0.1) is 29.3 Å². The molecule has 0 bridgehead atoms. The lowest BCUT2D eigenvalue weighted by atomic mass is 10.1. The first-order chi connectivity index (χ1) is 9.88. The third-order valence-corrected chi connectivity index (χ3v) is 3.33. The van der Waals surface area contributed by atoms with Crippen molar-refractivity contribution in [3.05, 3.63) is 47.9 Å². The highest BCUT2D eigenvalue weighted by atomic mass is 19.4. The highest BCUT2D eigenvalue weighted by Gasteiger charge is 2.30. The van der Waals surface area contributed by atoms with Crippen LogP contribution in [0.5, 0.6) is 0 Å². The van der Waals surface area contributed by atoms with E-state index in [-0.39, 0.29) is 0 Å². The minimum Gasteiger partial charge on any atom is -0.396 e. The van der Waals surface area contributed by atoms with E-state index in [1.54, 1.807) is 17.6 Å². The van der Waals surface area contributed by atoms with Gasteiger partial charge < -0.3 is 5.73 Å². The van der Waals surface area contributed by atoms with Crippen molar-refractivity contribution < 1.29 is 13.2 Å². The monoisotopic (exact) mass is 292 g/mol. The maximum atomic E-state index is 12.6. The Hall–Kier alpha value is -2.57. The second-order valence-electron chi connectivity index (χ2n) is 4.67. The zero-order chi connectivity index (χ0) is 15.2. The molecule has 108 valence electrons. The van der Waals surface area contributed by atoms with Crippen LogP contribution in [0.2, 0.25) is 0 Å². The third kappa shape index (κ3) is 2.20. The van der Waals surface area contributed by atoms with Gasteiger partial charge in [-0.2, -0.15) is 18.3 Å². The van der Waals surface area contributed by atoms with Crippen molar-refractivity contribution in [1.82, 2.24) is 14.6 Å². The molecular formula is C14H11F3N4. The first-order valence-corrected chi connectivity index (χ1v) is 6.14. The predicted molar refractivity (Wildman–Crippen MR) is 72.6 cm³/mol. The van der Waals surface area contributed by atoms with Crippen molar-refractivity contribution in [3.63, 3.8) is 0 Å². The average Bonchev–Trinajstić information content (AvgIpc) is 2.87. The van der Waals surface area contributed by atoms with Crippen LogP contribution in [-0.2, 0) is 6.18 Å². The Bertz CT molecular complexity index is 803. The summed E-state index contributed by atoms with van der Waals surface area (Å²) in [6.45, 7) is 1.80. The van der Waals surface area contributed by atoms with Crippen molar-refractivity contribution in [2.45, 2.75) is 13.1 Å². The number of nitrogen functional groups attached to an aromatic ring is 1. The number of rotatable bonds is 1. The van der Waals surface area contributed by atoms with Gasteiger partial charge in [-0.05, 0) is 24.6 Å². The summed E-state index contributed by atoms with van der Waals surface area (Å²) < 4.78 is 39.3. The SMILES string of the molecule is Cc1c(N)cnc2c(-c3ccc(C(F)(F)F)cc3)cnn12. The van der Waals surface area contributed by atoms with Crippen molar-refractivity contribution in [3.8, 4) is 11.1 Å². The zero-order valence-electron chi connectivity index (χ0n) is 11.0. The normalized spacial score (nSPS) is 12.0. The minimum atomic E-state index is -4.34. The van der Waals surface area contributed by atoms with Crippen molar-refractivity contribution in [2.75, 3.05) is 5.73 Å². The number of halogens is 3. The maximum absolute atomic E-state index is 12.6. The number of aryl methyl sites for hydroxylation is 1. The third-order valence-electron chi connectivity index (χ3n) is 3.33. The summed E-state index contributed by atoms with van der Waals surface area (Å²) in [4.78, 5) is 4.20. The number of hydrogen-bond acceptors (Lipinski definition) is 3. The van der Waals surface area contributed by atoms with Gasteiger partial charge in [0.15, 0.2) is 5.65 Å². The Morgan fingerprint density at radius 3 is 2.38 bits per heavy atom.